The highest BCUT2D eigenvalue weighted by Gasteiger charge is 2.43. The lowest BCUT2D eigenvalue weighted by Gasteiger charge is -2.25. The van der Waals surface area contributed by atoms with Crippen LogP contribution in [0.5, 0.6) is 11.5 Å². The minimum Gasteiger partial charge on any atom is -0.457 e. The second-order valence-electron chi connectivity index (χ2n) is 9.31. The number of aromatic nitrogens is 1. The molecular weight excluding hydrogens is 464 g/mol. The minimum atomic E-state index is -0.636. The number of benzene rings is 3. The van der Waals surface area contributed by atoms with Crippen molar-refractivity contribution in [1.82, 2.24) is 9.88 Å². The Kier molecular flexibility index (Phi) is 5.57. The molecule has 0 spiro atoms. The van der Waals surface area contributed by atoms with Gasteiger partial charge >= 0.3 is 0 Å². The number of carbonyl (C=O) groups is 1. The van der Waals surface area contributed by atoms with Crippen molar-refractivity contribution in [1.29, 1.82) is 0 Å². The van der Waals surface area contributed by atoms with E-state index in [1.54, 1.807) is 17.3 Å². The largest absolute Gasteiger partial charge is 0.457 e. The molecular formula is C31H24N2O4. The summed E-state index contributed by atoms with van der Waals surface area (Å²) in [5, 5.41) is 0.502. The molecule has 1 atom stereocenters. The monoisotopic (exact) mass is 488 g/mol. The summed E-state index contributed by atoms with van der Waals surface area (Å²) in [6, 6.07) is 23.9. The summed E-state index contributed by atoms with van der Waals surface area (Å²) >= 11 is 0. The number of hydrogen-bond donors (Lipinski definition) is 0. The van der Waals surface area contributed by atoms with Crippen LogP contribution in [0.3, 0.4) is 0 Å². The Morgan fingerprint density at radius 3 is 2.51 bits per heavy atom. The van der Waals surface area contributed by atoms with Crippen molar-refractivity contribution in [2.24, 2.45) is 0 Å². The van der Waals surface area contributed by atoms with Gasteiger partial charge in [-0.1, -0.05) is 42.5 Å². The molecule has 1 amide bonds. The maximum Gasteiger partial charge on any atom is 0.291 e. The van der Waals surface area contributed by atoms with E-state index in [9.17, 15) is 9.59 Å². The third kappa shape index (κ3) is 4.06. The summed E-state index contributed by atoms with van der Waals surface area (Å²) in [6.45, 7) is 4.11. The van der Waals surface area contributed by atoms with Crippen molar-refractivity contribution in [3.63, 3.8) is 0 Å². The Balaban J connectivity index is 1.53. The van der Waals surface area contributed by atoms with Gasteiger partial charge in [0.25, 0.3) is 5.91 Å². The van der Waals surface area contributed by atoms with Crippen molar-refractivity contribution in [3.05, 3.63) is 135 Å². The van der Waals surface area contributed by atoms with Crippen LogP contribution in [-0.4, -0.2) is 15.8 Å². The van der Waals surface area contributed by atoms with Crippen LogP contribution in [0.1, 0.15) is 44.4 Å². The lowest BCUT2D eigenvalue weighted by molar-refractivity contribution is 0.0714. The molecule has 0 saturated carbocycles. The number of nitrogens with zero attached hydrogens (tertiary/aromatic N) is 2. The molecule has 2 aromatic heterocycles. The van der Waals surface area contributed by atoms with Crippen LogP contribution < -0.4 is 10.2 Å². The van der Waals surface area contributed by atoms with Gasteiger partial charge in [0.1, 0.15) is 17.1 Å². The molecule has 0 saturated heterocycles. The first kappa shape index (κ1) is 22.7. The molecule has 0 N–H and O–H groups in total. The van der Waals surface area contributed by atoms with Crippen LogP contribution in [0, 0.1) is 13.8 Å². The topological polar surface area (TPSA) is 72.6 Å². The van der Waals surface area contributed by atoms with E-state index in [0.717, 1.165) is 22.3 Å². The fourth-order valence-electron chi connectivity index (χ4n) is 5.08. The molecule has 1 aliphatic heterocycles. The van der Waals surface area contributed by atoms with E-state index in [1.807, 2.05) is 92.7 Å². The fourth-order valence-corrected chi connectivity index (χ4v) is 5.08. The number of rotatable bonds is 5. The Bertz CT molecular complexity index is 1690. The van der Waals surface area contributed by atoms with Crippen LogP contribution >= 0.6 is 0 Å². The van der Waals surface area contributed by atoms with E-state index in [4.69, 9.17) is 9.15 Å². The number of aryl methyl sites for hydroxylation is 2. The van der Waals surface area contributed by atoms with E-state index >= 15 is 0 Å². The Labute approximate surface area is 213 Å². The van der Waals surface area contributed by atoms with Gasteiger partial charge < -0.3 is 14.1 Å². The normalized spacial score (nSPS) is 14.7. The van der Waals surface area contributed by atoms with Crippen LogP contribution in [0.2, 0.25) is 0 Å². The Hall–Kier alpha value is -4.71. The Morgan fingerprint density at radius 2 is 1.73 bits per heavy atom. The second-order valence-corrected chi connectivity index (χ2v) is 9.31. The number of para-hydroxylation sites is 1. The van der Waals surface area contributed by atoms with Gasteiger partial charge in [0.05, 0.1) is 17.0 Å². The molecule has 37 heavy (non-hydrogen) atoms. The van der Waals surface area contributed by atoms with E-state index in [1.165, 1.54) is 0 Å². The number of hydrogen-bond acceptors (Lipinski definition) is 5. The number of pyridine rings is 1. The van der Waals surface area contributed by atoms with Crippen molar-refractivity contribution < 1.29 is 13.9 Å². The highest BCUT2D eigenvalue weighted by Crippen LogP contribution is 2.40. The van der Waals surface area contributed by atoms with Gasteiger partial charge in [-0.3, -0.25) is 14.6 Å². The van der Waals surface area contributed by atoms with Gasteiger partial charge in [-0.2, -0.15) is 0 Å². The van der Waals surface area contributed by atoms with Crippen molar-refractivity contribution in [2.75, 3.05) is 0 Å². The van der Waals surface area contributed by atoms with Gasteiger partial charge in [-0.25, -0.2) is 0 Å². The van der Waals surface area contributed by atoms with E-state index in [0.29, 0.717) is 28.0 Å². The van der Waals surface area contributed by atoms with Gasteiger partial charge in [-0.15, -0.1) is 0 Å². The molecule has 0 bridgehead atoms. The quantitative estimate of drug-likeness (QED) is 0.289. The minimum absolute atomic E-state index is 0.0887. The molecule has 0 radical (unpaired) electrons. The van der Waals surface area contributed by atoms with Crippen molar-refractivity contribution in [2.45, 2.75) is 26.4 Å². The average molecular weight is 489 g/mol. The molecule has 0 aliphatic carbocycles. The summed E-state index contributed by atoms with van der Waals surface area (Å²) in [4.78, 5) is 33.6. The molecule has 182 valence electrons. The van der Waals surface area contributed by atoms with Gasteiger partial charge in [0.2, 0.25) is 5.76 Å². The zero-order chi connectivity index (χ0) is 25.5. The third-order valence-corrected chi connectivity index (χ3v) is 6.64. The third-order valence-electron chi connectivity index (χ3n) is 6.64. The molecule has 3 aromatic carbocycles. The fraction of sp³-hybridized carbons (Fsp3) is 0.129. The molecule has 6 heteroatoms. The second kappa shape index (κ2) is 9.06. The molecule has 6 rings (SSSR count). The number of carbonyl (C=O) groups excluding carboxylic acids is 1. The first-order valence-electron chi connectivity index (χ1n) is 12.1. The number of ether oxygens (including phenoxy) is 1. The summed E-state index contributed by atoms with van der Waals surface area (Å²) in [5.41, 5.74) is 4.01. The lowest BCUT2D eigenvalue weighted by atomic mass is 9.96. The molecule has 6 nitrogen and oxygen atoms in total. The summed E-state index contributed by atoms with van der Waals surface area (Å²) < 4.78 is 12.2. The molecule has 1 aliphatic rings. The highest BCUT2D eigenvalue weighted by molar-refractivity contribution is 5.99. The Morgan fingerprint density at radius 1 is 0.919 bits per heavy atom. The maximum atomic E-state index is 14.0. The first-order chi connectivity index (χ1) is 18.0. The zero-order valence-corrected chi connectivity index (χ0v) is 20.5. The highest BCUT2D eigenvalue weighted by atomic mass is 16.5. The van der Waals surface area contributed by atoms with Gasteiger partial charge in [-0.05, 0) is 72.5 Å². The van der Waals surface area contributed by atoms with Gasteiger partial charge in [0, 0.05) is 18.9 Å². The van der Waals surface area contributed by atoms with Gasteiger partial charge in [0.15, 0.2) is 5.43 Å². The molecule has 5 aromatic rings. The predicted molar refractivity (Wildman–Crippen MR) is 141 cm³/mol. The number of amides is 1. The smallest absolute Gasteiger partial charge is 0.291 e. The predicted octanol–water partition coefficient (Wildman–Crippen LogP) is 6.34. The van der Waals surface area contributed by atoms with E-state index in [2.05, 4.69) is 4.98 Å². The average Bonchev–Trinajstić information content (AvgIpc) is 3.16. The van der Waals surface area contributed by atoms with Crippen LogP contribution in [0.4, 0.5) is 0 Å². The summed E-state index contributed by atoms with van der Waals surface area (Å²) in [6.07, 6.45) is 3.41. The van der Waals surface area contributed by atoms with E-state index in [-0.39, 0.29) is 23.6 Å². The first-order valence-corrected chi connectivity index (χ1v) is 12.1. The molecule has 1 unspecified atom stereocenters. The maximum absolute atomic E-state index is 14.0. The van der Waals surface area contributed by atoms with E-state index < -0.39 is 6.04 Å². The summed E-state index contributed by atoms with van der Waals surface area (Å²) in [5.74, 6) is 1.08. The lowest BCUT2D eigenvalue weighted by Crippen LogP contribution is -2.29. The zero-order valence-electron chi connectivity index (χ0n) is 20.5. The standard InChI is InChI=1S/C31H24N2O4/c1-19-14-20(2)26-25(15-19)37-30-27(29(26)34)28(33(31(30)35)18-21-8-7-13-32-17-21)22-9-6-12-24(16-22)36-23-10-4-3-5-11-23/h3-17,28H,18H2,1-2H3. The van der Waals surface area contributed by atoms with Crippen molar-refractivity contribution in [3.8, 4) is 11.5 Å². The molecule has 3 heterocycles. The van der Waals surface area contributed by atoms with Crippen LogP contribution in [0.15, 0.2) is 100 Å². The number of fused-ring (bicyclic) bond motifs is 2. The van der Waals surface area contributed by atoms with Crippen LogP contribution in [-0.2, 0) is 6.54 Å². The van der Waals surface area contributed by atoms with Crippen LogP contribution in [0.25, 0.3) is 11.0 Å². The van der Waals surface area contributed by atoms with Crippen molar-refractivity contribution >= 4 is 16.9 Å². The molecule has 0 fully saturated rings. The summed E-state index contributed by atoms with van der Waals surface area (Å²) in [7, 11) is 0. The SMILES string of the molecule is Cc1cc(C)c2c(=O)c3c(oc2c1)C(=O)N(Cc1cccnc1)C3c1cccc(Oc2ccccc2)c1.